The molecule has 0 saturated heterocycles. The Bertz CT molecular complexity index is 934. The maximum atomic E-state index is 12.3. The Hall–Kier alpha value is -1.89. The van der Waals surface area contributed by atoms with E-state index >= 15 is 0 Å². The number of halogens is 1. The molecule has 0 aliphatic carbocycles. The largest absolute Gasteiger partial charge is 0.305 e. The van der Waals surface area contributed by atoms with Crippen LogP contribution in [-0.2, 0) is 23.0 Å². The molecule has 23 heavy (non-hydrogen) atoms. The van der Waals surface area contributed by atoms with Crippen LogP contribution in [0.2, 0.25) is 5.02 Å². The molecule has 7 heteroatoms. The maximum absolute atomic E-state index is 12.3. The van der Waals surface area contributed by atoms with Crippen molar-refractivity contribution < 1.29 is 8.42 Å². The van der Waals surface area contributed by atoms with Crippen LogP contribution in [0.15, 0.2) is 53.7 Å². The molecule has 3 aromatic rings. The lowest BCUT2D eigenvalue weighted by Crippen LogP contribution is -2.23. The molecule has 0 atom stereocenters. The molecule has 3 rings (SSSR count). The van der Waals surface area contributed by atoms with Crippen molar-refractivity contribution in [1.82, 2.24) is 14.1 Å². The molecule has 0 radical (unpaired) electrons. The number of benzene rings is 1. The van der Waals surface area contributed by atoms with Crippen LogP contribution in [0.1, 0.15) is 18.2 Å². The van der Waals surface area contributed by atoms with E-state index in [1.54, 1.807) is 41.1 Å². The summed E-state index contributed by atoms with van der Waals surface area (Å²) in [5, 5.41) is 0.595. The predicted octanol–water partition coefficient (Wildman–Crippen LogP) is 3.03. The van der Waals surface area contributed by atoms with Gasteiger partial charge in [0.05, 0.1) is 22.2 Å². The number of hydrogen-bond donors (Lipinski definition) is 1. The van der Waals surface area contributed by atoms with E-state index in [9.17, 15) is 8.42 Å². The summed E-state index contributed by atoms with van der Waals surface area (Å²) in [6, 6.07) is 10.4. The summed E-state index contributed by atoms with van der Waals surface area (Å²) < 4.78 is 28.9. The minimum atomic E-state index is -3.55. The first-order valence-corrected chi connectivity index (χ1v) is 9.06. The van der Waals surface area contributed by atoms with Gasteiger partial charge in [0.15, 0.2) is 0 Å². The molecule has 0 amide bonds. The van der Waals surface area contributed by atoms with Crippen molar-refractivity contribution >= 4 is 27.3 Å². The third-order valence-electron chi connectivity index (χ3n) is 3.55. The minimum absolute atomic E-state index is 0.122. The summed E-state index contributed by atoms with van der Waals surface area (Å²) >= 11 is 5.92. The molecular weight excluding hydrogens is 334 g/mol. The highest BCUT2D eigenvalue weighted by atomic mass is 35.5. The number of imidazole rings is 1. The fraction of sp³-hybridized carbons (Fsp3) is 0.188. The zero-order chi connectivity index (χ0) is 16.4. The number of fused-ring (bicyclic) bond motifs is 1. The lowest BCUT2D eigenvalue weighted by Gasteiger charge is -2.06. The van der Waals surface area contributed by atoms with Crippen LogP contribution in [0.25, 0.3) is 5.65 Å². The van der Waals surface area contributed by atoms with Gasteiger partial charge in [-0.25, -0.2) is 18.1 Å². The number of hydrogen-bond acceptors (Lipinski definition) is 3. The quantitative estimate of drug-likeness (QED) is 0.770. The molecule has 5 nitrogen and oxygen atoms in total. The van der Waals surface area contributed by atoms with Crippen molar-refractivity contribution in [1.29, 1.82) is 0 Å². The summed E-state index contributed by atoms with van der Waals surface area (Å²) in [5.41, 5.74) is 2.44. The van der Waals surface area contributed by atoms with Gasteiger partial charge < -0.3 is 4.40 Å². The first-order chi connectivity index (χ1) is 11.0. The smallest absolute Gasteiger partial charge is 0.240 e. The van der Waals surface area contributed by atoms with E-state index in [4.69, 9.17) is 11.6 Å². The Morgan fingerprint density at radius 1 is 1.13 bits per heavy atom. The van der Waals surface area contributed by atoms with Gasteiger partial charge in [0.25, 0.3) is 0 Å². The molecule has 0 aliphatic rings. The molecule has 2 heterocycles. The Balaban J connectivity index is 1.77. The molecule has 0 unspecified atom stereocenters. The number of sulfonamides is 1. The Labute approximate surface area is 140 Å². The molecule has 1 N–H and O–H groups in total. The van der Waals surface area contributed by atoms with Gasteiger partial charge in [-0.15, -0.1) is 0 Å². The summed E-state index contributed by atoms with van der Waals surface area (Å²) in [4.78, 5) is 4.61. The number of aromatic nitrogens is 2. The second-order valence-electron chi connectivity index (χ2n) is 5.17. The Morgan fingerprint density at radius 2 is 1.87 bits per heavy atom. The number of nitrogens with one attached hydrogen (secondary N) is 1. The first-order valence-electron chi connectivity index (χ1n) is 7.19. The lowest BCUT2D eigenvalue weighted by molar-refractivity contribution is 0.580. The van der Waals surface area contributed by atoms with Crippen LogP contribution < -0.4 is 4.72 Å². The minimum Gasteiger partial charge on any atom is -0.305 e. The fourth-order valence-corrected chi connectivity index (χ4v) is 3.43. The SMILES string of the molecule is CCc1ccc(S(=O)(=O)NCc2cn3cc(Cl)ccc3n2)cc1. The second-order valence-corrected chi connectivity index (χ2v) is 7.37. The molecule has 0 bridgehead atoms. The van der Waals surface area contributed by atoms with Crippen molar-refractivity contribution in [3.05, 3.63) is 65.1 Å². The topological polar surface area (TPSA) is 63.5 Å². The van der Waals surface area contributed by atoms with Gasteiger partial charge in [-0.3, -0.25) is 0 Å². The zero-order valence-corrected chi connectivity index (χ0v) is 14.1. The molecular formula is C16H16ClN3O2S. The Morgan fingerprint density at radius 3 is 2.57 bits per heavy atom. The van der Waals surface area contributed by atoms with Crippen molar-refractivity contribution in [2.45, 2.75) is 24.8 Å². The van der Waals surface area contributed by atoms with Crippen molar-refractivity contribution in [3.8, 4) is 0 Å². The van der Waals surface area contributed by atoms with Gasteiger partial charge in [-0.2, -0.15) is 0 Å². The van der Waals surface area contributed by atoms with Crippen LogP contribution >= 0.6 is 11.6 Å². The molecule has 0 fully saturated rings. The second kappa shape index (κ2) is 6.31. The number of rotatable bonds is 5. The van der Waals surface area contributed by atoms with Gasteiger partial charge in [0.2, 0.25) is 10.0 Å². The van der Waals surface area contributed by atoms with Crippen LogP contribution in [0.3, 0.4) is 0 Å². The molecule has 0 saturated carbocycles. The average molecular weight is 350 g/mol. The number of nitrogens with zero attached hydrogens (tertiary/aromatic N) is 2. The number of aryl methyl sites for hydroxylation is 1. The van der Waals surface area contributed by atoms with Crippen molar-refractivity contribution in [3.63, 3.8) is 0 Å². The number of pyridine rings is 1. The zero-order valence-electron chi connectivity index (χ0n) is 12.5. The van der Waals surface area contributed by atoms with E-state index in [-0.39, 0.29) is 11.4 Å². The standard InChI is InChI=1S/C16H16ClN3O2S/c1-2-12-3-6-15(7-4-12)23(21,22)18-9-14-11-20-10-13(17)5-8-16(20)19-14/h3-8,10-11,18H,2,9H2,1H3. The van der Waals surface area contributed by atoms with Crippen LogP contribution in [-0.4, -0.2) is 17.8 Å². The lowest BCUT2D eigenvalue weighted by atomic mass is 10.2. The summed E-state index contributed by atoms with van der Waals surface area (Å²) in [5.74, 6) is 0. The predicted molar refractivity (Wildman–Crippen MR) is 90.0 cm³/mol. The normalized spacial score (nSPS) is 11.9. The van der Waals surface area contributed by atoms with Crippen LogP contribution in [0.4, 0.5) is 0 Å². The van der Waals surface area contributed by atoms with Crippen LogP contribution in [0.5, 0.6) is 0 Å². The van der Waals surface area contributed by atoms with E-state index < -0.39 is 10.0 Å². The van der Waals surface area contributed by atoms with Gasteiger partial charge >= 0.3 is 0 Å². The first kappa shape index (κ1) is 16.0. The maximum Gasteiger partial charge on any atom is 0.240 e. The van der Waals surface area contributed by atoms with E-state index in [0.717, 1.165) is 17.6 Å². The molecule has 0 aliphatic heterocycles. The Kier molecular flexibility index (Phi) is 4.39. The highest BCUT2D eigenvalue weighted by Crippen LogP contribution is 2.14. The summed E-state index contributed by atoms with van der Waals surface area (Å²) in [6.07, 6.45) is 4.35. The monoisotopic (exact) mass is 349 g/mol. The van der Waals surface area contributed by atoms with E-state index in [0.29, 0.717) is 10.7 Å². The third kappa shape index (κ3) is 3.55. The summed E-state index contributed by atoms with van der Waals surface area (Å²) in [6.45, 7) is 2.15. The van der Waals surface area contributed by atoms with Gasteiger partial charge in [0, 0.05) is 12.4 Å². The molecule has 0 spiro atoms. The highest BCUT2D eigenvalue weighted by molar-refractivity contribution is 7.89. The third-order valence-corrected chi connectivity index (χ3v) is 5.19. The van der Waals surface area contributed by atoms with Crippen molar-refractivity contribution in [2.24, 2.45) is 0 Å². The van der Waals surface area contributed by atoms with Gasteiger partial charge in [0.1, 0.15) is 5.65 Å². The summed E-state index contributed by atoms with van der Waals surface area (Å²) in [7, 11) is -3.55. The fourth-order valence-electron chi connectivity index (χ4n) is 2.26. The van der Waals surface area contributed by atoms with Crippen LogP contribution in [0, 0.1) is 0 Å². The molecule has 120 valence electrons. The van der Waals surface area contributed by atoms with E-state index in [1.165, 1.54) is 0 Å². The van der Waals surface area contributed by atoms with Gasteiger partial charge in [-0.1, -0.05) is 30.7 Å². The highest BCUT2D eigenvalue weighted by Gasteiger charge is 2.14. The molecule has 2 aromatic heterocycles. The van der Waals surface area contributed by atoms with Crippen molar-refractivity contribution in [2.75, 3.05) is 0 Å². The van der Waals surface area contributed by atoms with E-state index in [2.05, 4.69) is 9.71 Å². The van der Waals surface area contributed by atoms with Gasteiger partial charge in [-0.05, 0) is 36.2 Å². The average Bonchev–Trinajstić information content (AvgIpc) is 2.95. The van der Waals surface area contributed by atoms with E-state index in [1.807, 2.05) is 19.1 Å². The molecule has 1 aromatic carbocycles.